The van der Waals surface area contributed by atoms with Gasteiger partial charge in [0.15, 0.2) is 0 Å². The molecule has 118 valence electrons. The fraction of sp³-hybridized carbons (Fsp3) is 0.647. The first-order chi connectivity index (χ1) is 10.1. The molecule has 2 rings (SSSR count). The lowest BCUT2D eigenvalue weighted by molar-refractivity contribution is 0.244. The Morgan fingerprint density at radius 1 is 1.43 bits per heavy atom. The summed E-state index contributed by atoms with van der Waals surface area (Å²) in [5.41, 5.74) is 1.18. The maximum Gasteiger partial charge on any atom is 0.123 e. The second-order valence-corrected chi connectivity index (χ2v) is 6.76. The van der Waals surface area contributed by atoms with Gasteiger partial charge in [0, 0.05) is 29.7 Å². The predicted octanol–water partition coefficient (Wildman–Crippen LogP) is 3.56. The van der Waals surface area contributed by atoms with Gasteiger partial charge in [0.25, 0.3) is 0 Å². The number of nitrogens with zero attached hydrogens (tertiary/aromatic N) is 1. The largest absolute Gasteiger partial charge is 0.496 e. The Balaban J connectivity index is 2.05. The van der Waals surface area contributed by atoms with Crippen molar-refractivity contribution in [3.63, 3.8) is 0 Å². The van der Waals surface area contributed by atoms with Crippen LogP contribution in [0.5, 0.6) is 5.75 Å². The van der Waals surface area contributed by atoms with Crippen LogP contribution in [-0.4, -0.2) is 37.7 Å². The molecule has 1 atom stereocenters. The van der Waals surface area contributed by atoms with E-state index in [0.717, 1.165) is 42.9 Å². The number of halogens is 1. The smallest absolute Gasteiger partial charge is 0.123 e. The Bertz CT molecular complexity index is 450. The first kappa shape index (κ1) is 16.6. The molecule has 0 radical (unpaired) electrons. The number of hydrogen-bond donors (Lipinski definition) is 1. The number of nitrogens with one attached hydrogen (secondary N) is 1. The van der Waals surface area contributed by atoms with Crippen LogP contribution in [0.4, 0.5) is 0 Å². The van der Waals surface area contributed by atoms with Crippen molar-refractivity contribution in [3.8, 4) is 5.75 Å². The van der Waals surface area contributed by atoms with Gasteiger partial charge in [-0.2, -0.15) is 0 Å². The van der Waals surface area contributed by atoms with Crippen LogP contribution < -0.4 is 10.1 Å². The Labute approximate surface area is 133 Å². The first-order valence-corrected chi connectivity index (χ1v) is 8.24. The van der Waals surface area contributed by atoms with Crippen molar-refractivity contribution in [1.29, 1.82) is 0 Å². The molecule has 0 bridgehead atoms. The van der Waals surface area contributed by atoms with Crippen molar-refractivity contribution in [2.75, 3.05) is 26.7 Å². The van der Waals surface area contributed by atoms with Crippen LogP contribution in [0.3, 0.4) is 0 Å². The molecule has 0 aliphatic carbocycles. The predicted molar refractivity (Wildman–Crippen MR) is 89.1 cm³/mol. The second kappa shape index (κ2) is 8.02. The number of hydrogen-bond acceptors (Lipinski definition) is 3. The molecule has 1 aliphatic rings. The molecule has 1 N–H and O–H groups in total. The van der Waals surface area contributed by atoms with Gasteiger partial charge in [0.05, 0.1) is 7.11 Å². The Hall–Kier alpha value is -0.770. The van der Waals surface area contributed by atoms with E-state index in [0.29, 0.717) is 6.04 Å². The Kier molecular flexibility index (Phi) is 6.34. The van der Waals surface area contributed by atoms with E-state index in [2.05, 4.69) is 24.1 Å². The topological polar surface area (TPSA) is 24.5 Å². The van der Waals surface area contributed by atoms with Gasteiger partial charge in [-0.05, 0) is 50.0 Å². The minimum absolute atomic E-state index is 0.581. The summed E-state index contributed by atoms with van der Waals surface area (Å²) in [4.78, 5) is 2.52. The van der Waals surface area contributed by atoms with E-state index < -0.39 is 0 Å². The van der Waals surface area contributed by atoms with Gasteiger partial charge >= 0.3 is 0 Å². The number of benzene rings is 1. The van der Waals surface area contributed by atoms with Crippen molar-refractivity contribution in [2.45, 2.75) is 39.3 Å². The summed E-state index contributed by atoms with van der Waals surface area (Å²) in [7, 11) is 1.72. The zero-order valence-electron chi connectivity index (χ0n) is 13.4. The van der Waals surface area contributed by atoms with Crippen molar-refractivity contribution in [2.24, 2.45) is 5.92 Å². The molecular formula is C17H27ClN2O. The molecule has 3 nitrogen and oxygen atoms in total. The van der Waals surface area contributed by atoms with Gasteiger partial charge in [-0.3, -0.25) is 4.90 Å². The van der Waals surface area contributed by atoms with Crippen LogP contribution in [0.1, 0.15) is 32.3 Å². The zero-order chi connectivity index (χ0) is 15.2. The molecule has 4 heteroatoms. The van der Waals surface area contributed by atoms with Gasteiger partial charge in [0.2, 0.25) is 0 Å². The SMILES string of the molecule is COc1ccc(Cl)cc1CN1CCCNC(CC(C)C)C1. The zero-order valence-corrected chi connectivity index (χ0v) is 14.1. The summed E-state index contributed by atoms with van der Waals surface area (Å²) in [5, 5.41) is 4.45. The van der Waals surface area contributed by atoms with Crippen molar-refractivity contribution >= 4 is 11.6 Å². The summed E-state index contributed by atoms with van der Waals surface area (Å²) in [6.45, 7) is 8.81. The highest BCUT2D eigenvalue weighted by Crippen LogP contribution is 2.24. The van der Waals surface area contributed by atoms with E-state index in [1.807, 2.05) is 18.2 Å². The molecule has 1 heterocycles. The maximum absolute atomic E-state index is 6.13. The first-order valence-electron chi connectivity index (χ1n) is 7.86. The highest BCUT2D eigenvalue weighted by molar-refractivity contribution is 6.30. The molecule has 1 saturated heterocycles. The molecule has 1 fully saturated rings. The summed E-state index contributed by atoms with van der Waals surface area (Å²) in [6, 6.07) is 6.45. The molecular weight excluding hydrogens is 284 g/mol. The van der Waals surface area contributed by atoms with Crippen LogP contribution in [-0.2, 0) is 6.54 Å². The van der Waals surface area contributed by atoms with Crippen LogP contribution in [0.25, 0.3) is 0 Å². The average Bonchev–Trinajstić information content (AvgIpc) is 2.63. The van der Waals surface area contributed by atoms with E-state index in [1.165, 1.54) is 18.4 Å². The standard InChI is InChI=1S/C17H27ClN2O/c1-13(2)9-16-12-20(8-4-7-19-16)11-14-10-15(18)5-6-17(14)21-3/h5-6,10,13,16,19H,4,7-9,11-12H2,1-3H3. The minimum Gasteiger partial charge on any atom is -0.496 e. The molecule has 21 heavy (non-hydrogen) atoms. The van der Waals surface area contributed by atoms with E-state index >= 15 is 0 Å². The van der Waals surface area contributed by atoms with E-state index in [9.17, 15) is 0 Å². The quantitative estimate of drug-likeness (QED) is 0.900. The van der Waals surface area contributed by atoms with E-state index in [-0.39, 0.29) is 0 Å². The molecule has 1 aromatic rings. The van der Waals surface area contributed by atoms with Gasteiger partial charge in [-0.15, -0.1) is 0 Å². The molecule has 1 aliphatic heterocycles. The van der Waals surface area contributed by atoms with Gasteiger partial charge in [0.1, 0.15) is 5.75 Å². The molecule has 0 saturated carbocycles. The van der Waals surface area contributed by atoms with Gasteiger partial charge < -0.3 is 10.1 Å². The van der Waals surface area contributed by atoms with Crippen LogP contribution in [0.15, 0.2) is 18.2 Å². The molecule has 0 amide bonds. The lowest BCUT2D eigenvalue weighted by atomic mass is 10.0. The third-order valence-corrected chi connectivity index (χ3v) is 4.19. The highest BCUT2D eigenvalue weighted by Gasteiger charge is 2.19. The van der Waals surface area contributed by atoms with Crippen LogP contribution >= 0.6 is 11.6 Å². The van der Waals surface area contributed by atoms with E-state index in [4.69, 9.17) is 16.3 Å². The van der Waals surface area contributed by atoms with Crippen LogP contribution in [0.2, 0.25) is 5.02 Å². The normalized spacial score (nSPS) is 20.5. The van der Waals surface area contributed by atoms with E-state index in [1.54, 1.807) is 7.11 Å². The average molecular weight is 311 g/mol. The summed E-state index contributed by atoms with van der Waals surface area (Å²) in [5.74, 6) is 1.65. The number of ether oxygens (including phenoxy) is 1. The monoisotopic (exact) mass is 310 g/mol. The van der Waals surface area contributed by atoms with Crippen molar-refractivity contribution in [3.05, 3.63) is 28.8 Å². The van der Waals surface area contributed by atoms with Crippen molar-refractivity contribution < 1.29 is 4.74 Å². The Morgan fingerprint density at radius 3 is 2.95 bits per heavy atom. The molecule has 1 unspecified atom stereocenters. The van der Waals surface area contributed by atoms with Gasteiger partial charge in [-0.25, -0.2) is 0 Å². The summed E-state index contributed by atoms with van der Waals surface area (Å²) in [6.07, 6.45) is 2.42. The third-order valence-electron chi connectivity index (χ3n) is 3.96. The van der Waals surface area contributed by atoms with Crippen LogP contribution in [0, 0.1) is 5.92 Å². The highest BCUT2D eigenvalue weighted by atomic mass is 35.5. The third kappa shape index (κ3) is 5.17. The molecule has 1 aromatic carbocycles. The number of rotatable bonds is 5. The van der Waals surface area contributed by atoms with Gasteiger partial charge in [-0.1, -0.05) is 25.4 Å². The fourth-order valence-electron chi connectivity index (χ4n) is 3.06. The second-order valence-electron chi connectivity index (χ2n) is 6.33. The summed E-state index contributed by atoms with van der Waals surface area (Å²) < 4.78 is 5.46. The minimum atomic E-state index is 0.581. The number of methoxy groups -OCH3 is 1. The van der Waals surface area contributed by atoms with Crippen molar-refractivity contribution in [1.82, 2.24) is 10.2 Å². The molecule has 0 spiro atoms. The maximum atomic E-state index is 6.13. The lowest BCUT2D eigenvalue weighted by Gasteiger charge is -2.26. The fourth-order valence-corrected chi connectivity index (χ4v) is 3.25. The summed E-state index contributed by atoms with van der Waals surface area (Å²) >= 11 is 6.13. The Morgan fingerprint density at radius 2 is 2.24 bits per heavy atom. The lowest BCUT2D eigenvalue weighted by Crippen LogP contribution is -2.38. The molecule has 0 aromatic heterocycles.